The molecule has 0 saturated heterocycles. The summed E-state index contributed by atoms with van der Waals surface area (Å²) in [5.41, 5.74) is 1.94. The smallest absolute Gasteiger partial charge is 0.344 e. The zero-order valence-electron chi connectivity index (χ0n) is 12.3. The molecule has 1 heterocycles. The molecule has 0 unspecified atom stereocenters. The first-order valence-electron chi connectivity index (χ1n) is 6.65. The van der Waals surface area contributed by atoms with E-state index in [0.29, 0.717) is 24.2 Å². The second-order valence-electron chi connectivity index (χ2n) is 4.54. The molecule has 0 N–H and O–H groups in total. The number of hydrogen-bond acceptors (Lipinski definition) is 5. The topological polar surface area (TPSA) is 61.3 Å². The summed E-state index contributed by atoms with van der Waals surface area (Å²) in [6.45, 7) is 10.0. The molecule has 0 saturated carbocycles. The first kappa shape index (κ1) is 15.4. The third-order valence-electron chi connectivity index (χ3n) is 2.65. The van der Waals surface area contributed by atoms with Gasteiger partial charge in [-0.05, 0) is 26.2 Å². The maximum atomic E-state index is 11.3. The lowest BCUT2D eigenvalue weighted by atomic mass is 10.0. The standard InChI is InChI=1S/C14H22N2O3/c1-6-11-13(9(3)4)15-10(5)16-14(11)19-8-12(17)18-7-2/h9H,6-8H2,1-5H3. The zero-order chi connectivity index (χ0) is 14.4. The summed E-state index contributed by atoms with van der Waals surface area (Å²) >= 11 is 0. The number of rotatable bonds is 6. The SMILES string of the molecule is CCOC(=O)COc1nc(C)nc(C(C)C)c1CC. The molecule has 0 aliphatic carbocycles. The van der Waals surface area contributed by atoms with E-state index in [0.717, 1.165) is 17.7 Å². The Morgan fingerprint density at radius 1 is 1.26 bits per heavy atom. The van der Waals surface area contributed by atoms with E-state index in [2.05, 4.69) is 23.8 Å². The van der Waals surface area contributed by atoms with Gasteiger partial charge in [0.1, 0.15) is 5.82 Å². The fourth-order valence-electron chi connectivity index (χ4n) is 1.85. The number of aryl methyl sites for hydroxylation is 1. The molecule has 0 amide bonds. The fraction of sp³-hybridized carbons (Fsp3) is 0.643. The van der Waals surface area contributed by atoms with Crippen LogP contribution in [0, 0.1) is 6.92 Å². The van der Waals surface area contributed by atoms with Gasteiger partial charge in [-0.15, -0.1) is 0 Å². The molecule has 0 aromatic carbocycles. The highest BCUT2D eigenvalue weighted by Gasteiger charge is 2.16. The molecule has 5 nitrogen and oxygen atoms in total. The molecular formula is C14H22N2O3. The summed E-state index contributed by atoms with van der Waals surface area (Å²) in [5, 5.41) is 0. The third kappa shape index (κ3) is 4.19. The summed E-state index contributed by atoms with van der Waals surface area (Å²) in [7, 11) is 0. The van der Waals surface area contributed by atoms with Gasteiger partial charge < -0.3 is 9.47 Å². The Morgan fingerprint density at radius 2 is 1.95 bits per heavy atom. The minimum absolute atomic E-state index is 0.116. The number of carbonyl (C=O) groups excluding carboxylic acids is 1. The predicted octanol–water partition coefficient (Wildman–Crippen LogP) is 2.41. The lowest BCUT2D eigenvalue weighted by Gasteiger charge is -2.15. The molecule has 5 heteroatoms. The monoisotopic (exact) mass is 266 g/mol. The van der Waals surface area contributed by atoms with Crippen molar-refractivity contribution in [2.45, 2.75) is 47.0 Å². The number of nitrogens with zero attached hydrogens (tertiary/aromatic N) is 2. The van der Waals surface area contributed by atoms with Crippen molar-refractivity contribution in [3.05, 3.63) is 17.1 Å². The molecule has 0 aliphatic rings. The molecule has 0 aliphatic heterocycles. The first-order chi connectivity index (χ1) is 8.99. The summed E-state index contributed by atoms with van der Waals surface area (Å²) < 4.78 is 10.3. The Hall–Kier alpha value is -1.65. The highest BCUT2D eigenvalue weighted by atomic mass is 16.6. The van der Waals surface area contributed by atoms with E-state index in [1.165, 1.54) is 0 Å². The van der Waals surface area contributed by atoms with Crippen LogP contribution in [0.25, 0.3) is 0 Å². The third-order valence-corrected chi connectivity index (χ3v) is 2.65. The number of aromatic nitrogens is 2. The second kappa shape index (κ2) is 7.07. The molecule has 1 aromatic heterocycles. The second-order valence-corrected chi connectivity index (χ2v) is 4.54. The summed E-state index contributed by atoms with van der Waals surface area (Å²) in [5.74, 6) is 1.06. The van der Waals surface area contributed by atoms with Crippen LogP contribution in [0.3, 0.4) is 0 Å². The van der Waals surface area contributed by atoms with Gasteiger partial charge in [-0.3, -0.25) is 0 Å². The Kier molecular flexibility index (Phi) is 5.73. The summed E-state index contributed by atoms with van der Waals surface area (Å²) in [6.07, 6.45) is 0.770. The molecule has 1 rings (SSSR count). The maximum Gasteiger partial charge on any atom is 0.344 e. The van der Waals surface area contributed by atoms with Crippen LogP contribution in [0.5, 0.6) is 5.88 Å². The van der Waals surface area contributed by atoms with Crippen LogP contribution in [0.15, 0.2) is 0 Å². The average Bonchev–Trinajstić information content (AvgIpc) is 2.35. The van der Waals surface area contributed by atoms with Gasteiger partial charge in [0.25, 0.3) is 0 Å². The Labute approximate surface area is 114 Å². The molecule has 0 fully saturated rings. The van der Waals surface area contributed by atoms with Crippen molar-refractivity contribution in [1.29, 1.82) is 0 Å². The van der Waals surface area contributed by atoms with Crippen molar-refractivity contribution < 1.29 is 14.3 Å². The Balaban J connectivity index is 2.96. The van der Waals surface area contributed by atoms with E-state index < -0.39 is 0 Å². The van der Waals surface area contributed by atoms with Gasteiger partial charge in [0.2, 0.25) is 5.88 Å². The van der Waals surface area contributed by atoms with Crippen molar-refractivity contribution in [3.63, 3.8) is 0 Å². The van der Waals surface area contributed by atoms with Gasteiger partial charge in [0, 0.05) is 5.56 Å². The van der Waals surface area contributed by atoms with Crippen LogP contribution in [-0.4, -0.2) is 29.2 Å². The van der Waals surface area contributed by atoms with Crippen LogP contribution in [0.2, 0.25) is 0 Å². The molecule has 0 bridgehead atoms. The number of ether oxygens (including phenoxy) is 2. The van der Waals surface area contributed by atoms with Gasteiger partial charge in [-0.1, -0.05) is 20.8 Å². The van der Waals surface area contributed by atoms with E-state index >= 15 is 0 Å². The Morgan fingerprint density at radius 3 is 2.47 bits per heavy atom. The molecule has 0 spiro atoms. The van der Waals surface area contributed by atoms with E-state index in [4.69, 9.17) is 9.47 Å². The van der Waals surface area contributed by atoms with Gasteiger partial charge in [-0.25, -0.2) is 9.78 Å². The van der Waals surface area contributed by atoms with Crippen molar-refractivity contribution in [1.82, 2.24) is 9.97 Å². The summed E-state index contributed by atoms with van der Waals surface area (Å²) in [4.78, 5) is 20.1. The van der Waals surface area contributed by atoms with Crippen LogP contribution in [0.4, 0.5) is 0 Å². The van der Waals surface area contributed by atoms with Gasteiger partial charge >= 0.3 is 5.97 Å². The molecule has 0 radical (unpaired) electrons. The van der Waals surface area contributed by atoms with E-state index in [-0.39, 0.29) is 12.6 Å². The maximum absolute atomic E-state index is 11.3. The lowest BCUT2D eigenvalue weighted by molar-refractivity contribution is -0.145. The van der Waals surface area contributed by atoms with Gasteiger partial charge in [-0.2, -0.15) is 4.98 Å². The van der Waals surface area contributed by atoms with Crippen LogP contribution in [0.1, 0.15) is 50.7 Å². The van der Waals surface area contributed by atoms with Crippen molar-refractivity contribution in [3.8, 4) is 5.88 Å². The molecule has 19 heavy (non-hydrogen) atoms. The van der Waals surface area contributed by atoms with Crippen molar-refractivity contribution >= 4 is 5.97 Å². The van der Waals surface area contributed by atoms with Crippen LogP contribution < -0.4 is 4.74 Å². The quantitative estimate of drug-likeness (QED) is 0.740. The van der Waals surface area contributed by atoms with Crippen molar-refractivity contribution in [2.75, 3.05) is 13.2 Å². The highest BCUT2D eigenvalue weighted by Crippen LogP contribution is 2.25. The highest BCUT2D eigenvalue weighted by molar-refractivity contribution is 5.71. The largest absolute Gasteiger partial charge is 0.465 e. The normalized spacial score (nSPS) is 10.6. The molecular weight excluding hydrogens is 244 g/mol. The first-order valence-corrected chi connectivity index (χ1v) is 6.65. The number of carbonyl (C=O) groups is 1. The van der Waals surface area contributed by atoms with E-state index in [1.54, 1.807) is 6.92 Å². The molecule has 0 atom stereocenters. The van der Waals surface area contributed by atoms with Crippen LogP contribution >= 0.6 is 0 Å². The number of hydrogen-bond donors (Lipinski definition) is 0. The van der Waals surface area contributed by atoms with Gasteiger partial charge in [0.15, 0.2) is 6.61 Å². The van der Waals surface area contributed by atoms with E-state index in [1.807, 2.05) is 13.8 Å². The molecule has 1 aromatic rings. The average molecular weight is 266 g/mol. The Bertz CT molecular complexity index is 445. The fourth-order valence-corrected chi connectivity index (χ4v) is 1.85. The lowest BCUT2D eigenvalue weighted by Crippen LogP contribution is -2.17. The summed E-state index contributed by atoms with van der Waals surface area (Å²) in [6, 6.07) is 0. The zero-order valence-corrected chi connectivity index (χ0v) is 12.3. The molecule has 106 valence electrons. The minimum atomic E-state index is -0.382. The van der Waals surface area contributed by atoms with Crippen molar-refractivity contribution in [2.24, 2.45) is 0 Å². The van der Waals surface area contributed by atoms with Gasteiger partial charge in [0.05, 0.1) is 12.3 Å². The minimum Gasteiger partial charge on any atom is -0.465 e. The van der Waals surface area contributed by atoms with E-state index in [9.17, 15) is 4.79 Å². The predicted molar refractivity (Wildman–Crippen MR) is 72.4 cm³/mol. The van der Waals surface area contributed by atoms with Crippen LogP contribution in [-0.2, 0) is 16.0 Å². The number of esters is 1.